The molecular formula is C21H41N3O15S3. The van der Waals surface area contributed by atoms with Crippen molar-refractivity contribution in [2.45, 2.75) is 59.3 Å². The summed E-state index contributed by atoms with van der Waals surface area (Å²) < 4.78 is 103. The monoisotopic (exact) mass is 671 g/mol. The second-order valence-corrected chi connectivity index (χ2v) is 12.5. The first kappa shape index (κ1) is 40.0. The van der Waals surface area contributed by atoms with Crippen molar-refractivity contribution in [3.63, 3.8) is 0 Å². The third-order valence-corrected chi connectivity index (χ3v) is 7.99. The van der Waals surface area contributed by atoms with E-state index in [1.165, 1.54) is 0 Å². The highest BCUT2D eigenvalue weighted by molar-refractivity contribution is 7.81. The van der Waals surface area contributed by atoms with Crippen LogP contribution in [0.2, 0.25) is 0 Å². The molecule has 0 aromatic heterocycles. The van der Waals surface area contributed by atoms with Crippen LogP contribution in [-0.2, 0) is 58.1 Å². The van der Waals surface area contributed by atoms with Gasteiger partial charge in [-0.1, -0.05) is 33.6 Å². The predicted octanol–water partition coefficient (Wildman–Crippen LogP) is -0.588. The van der Waals surface area contributed by atoms with Gasteiger partial charge in [0.15, 0.2) is 0 Å². The first-order valence-electron chi connectivity index (χ1n) is 12.9. The molecule has 2 unspecified atom stereocenters. The molecule has 2 atom stereocenters. The van der Waals surface area contributed by atoms with Crippen LogP contribution in [0.3, 0.4) is 0 Å². The largest absolute Gasteiger partial charge is 0.397 e. The molecule has 0 saturated carbocycles. The van der Waals surface area contributed by atoms with Crippen LogP contribution in [0.5, 0.6) is 0 Å². The van der Waals surface area contributed by atoms with Crippen LogP contribution in [0.4, 0.5) is 0 Å². The third-order valence-electron chi connectivity index (χ3n) is 6.59. The Morgan fingerprint density at radius 3 is 1.19 bits per heavy atom. The zero-order chi connectivity index (χ0) is 32.6. The minimum atomic E-state index is -4.71. The lowest BCUT2D eigenvalue weighted by Gasteiger charge is -2.45. The minimum Gasteiger partial charge on any atom is -0.354 e. The average Bonchev–Trinajstić information content (AvgIpc) is 2.86. The molecule has 0 aromatic rings. The highest BCUT2D eigenvalue weighted by Crippen LogP contribution is 2.48. The van der Waals surface area contributed by atoms with Crippen LogP contribution in [0.1, 0.15) is 59.3 Å². The van der Waals surface area contributed by atoms with Crippen molar-refractivity contribution < 1.29 is 65.8 Å². The molecule has 0 aliphatic rings. The van der Waals surface area contributed by atoms with Crippen LogP contribution in [0.25, 0.3) is 0 Å². The molecular weight excluding hydrogens is 630 g/mol. The summed E-state index contributed by atoms with van der Waals surface area (Å²) in [6, 6.07) is 0. The number of hydrogen-bond acceptors (Lipinski definition) is 12. The molecule has 0 fully saturated rings. The molecule has 0 aromatic carbocycles. The molecule has 42 heavy (non-hydrogen) atoms. The topological polar surface area (TPSA) is 278 Å². The zero-order valence-electron chi connectivity index (χ0n) is 23.6. The molecule has 0 aliphatic carbocycles. The van der Waals surface area contributed by atoms with E-state index >= 15 is 0 Å². The maximum atomic E-state index is 13.0. The summed E-state index contributed by atoms with van der Waals surface area (Å²) in [5, 5.41) is 7.43. The van der Waals surface area contributed by atoms with Gasteiger partial charge in [-0.15, -0.1) is 0 Å². The van der Waals surface area contributed by atoms with Crippen molar-refractivity contribution in [1.82, 2.24) is 16.0 Å². The lowest BCUT2D eigenvalue weighted by molar-refractivity contribution is -0.132. The first-order chi connectivity index (χ1) is 19.3. The third kappa shape index (κ3) is 17.9. The molecule has 0 spiro atoms. The van der Waals surface area contributed by atoms with Gasteiger partial charge in [0, 0.05) is 38.9 Å². The summed E-state index contributed by atoms with van der Waals surface area (Å²) >= 11 is 0. The van der Waals surface area contributed by atoms with Gasteiger partial charge in [-0.25, -0.2) is 12.5 Å². The SMILES string of the molecule is CCC(CC(=O)NCCOS(=O)(=O)O)C(CC)(CC(=O)NCCOS(=O)(=O)O)C(CC)CC(=O)NCCOS(=O)(=O)O. The standard InChI is InChI=1S/C21H41N3O15S3/c1-4-16(13-18(25)22-7-10-37-40(28,29)30)21(6-3,15-20(27)24-9-12-39-42(34,35)36)17(5-2)14-19(26)23-8-11-38-41(31,32)33/h16-17H,4-15H2,1-3H3,(H,22,25)(H,23,26)(H,24,27)(H,28,29,30)(H,31,32,33)(H,34,35,36). The first-order valence-corrected chi connectivity index (χ1v) is 17.0. The molecule has 0 saturated heterocycles. The second-order valence-electron chi connectivity index (χ2n) is 9.18. The van der Waals surface area contributed by atoms with Gasteiger partial charge in [0.1, 0.15) is 0 Å². The Bertz CT molecular complexity index is 1130. The molecule has 18 nitrogen and oxygen atoms in total. The number of hydrogen-bond donors (Lipinski definition) is 6. The highest BCUT2D eigenvalue weighted by atomic mass is 32.3. The van der Waals surface area contributed by atoms with E-state index in [1.807, 2.05) is 0 Å². The summed E-state index contributed by atoms with van der Waals surface area (Å²) in [7, 11) is -14.1. The van der Waals surface area contributed by atoms with Gasteiger partial charge in [0.25, 0.3) is 0 Å². The van der Waals surface area contributed by atoms with Crippen molar-refractivity contribution in [2.24, 2.45) is 17.3 Å². The van der Waals surface area contributed by atoms with Crippen LogP contribution in [0, 0.1) is 17.3 Å². The summed E-state index contributed by atoms with van der Waals surface area (Å²) in [4.78, 5) is 38.5. The van der Waals surface area contributed by atoms with E-state index in [1.54, 1.807) is 20.8 Å². The van der Waals surface area contributed by atoms with Gasteiger partial charge in [0.2, 0.25) is 17.7 Å². The maximum absolute atomic E-state index is 13.0. The van der Waals surface area contributed by atoms with Crippen LogP contribution in [0.15, 0.2) is 0 Å². The van der Waals surface area contributed by atoms with Gasteiger partial charge in [-0.05, 0) is 23.7 Å². The van der Waals surface area contributed by atoms with Gasteiger partial charge >= 0.3 is 31.2 Å². The van der Waals surface area contributed by atoms with Crippen molar-refractivity contribution in [2.75, 3.05) is 39.5 Å². The fourth-order valence-electron chi connectivity index (χ4n) is 4.80. The van der Waals surface area contributed by atoms with E-state index in [4.69, 9.17) is 13.7 Å². The predicted molar refractivity (Wildman–Crippen MR) is 146 cm³/mol. The van der Waals surface area contributed by atoms with E-state index in [9.17, 15) is 39.6 Å². The Labute approximate surface area is 246 Å². The minimum absolute atomic E-state index is 0.129. The molecule has 0 aliphatic heterocycles. The normalized spacial score (nSPS) is 15.3. The van der Waals surface area contributed by atoms with Gasteiger partial charge in [0.05, 0.1) is 19.8 Å². The summed E-state index contributed by atoms with van der Waals surface area (Å²) in [6.45, 7) is 2.99. The fourth-order valence-corrected chi connectivity index (χ4v) is 5.68. The summed E-state index contributed by atoms with van der Waals surface area (Å²) in [5.74, 6) is -2.56. The zero-order valence-corrected chi connectivity index (χ0v) is 26.1. The molecule has 0 bridgehead atoms. The molecule has 0 heterocycles. The second kappa shape index (κ2) is 18.6. The lowest BCUT2D eigenvalue weighted by atomic mass is 9.59. The van der Waals surface area contributed by atoms with Crippen molar-refractivity contribution in [3.8, 4) is 0 Å². The molecule has 21 heteroatoms. The van der Waals surface area contributed by atoms with Crippen LogP contribution >= 0.6 is 0 Å². The highest BCUT2D eigenvalue weighted by Gasteiger charge is 2.45. The summed E-state index contributed by atoms with van der Waals surface area (Å²) in [5.41, 5.74) is -0.970. The number of nitrogens with one attached hydrogen (secondary N) is 3. The van der Waals surface area contributed by atoms with Crippen molar-refractivity contribution >= 4 is 48.9 Å². The van der Waals surface area contributed by atoms with E-state index < -0.39 is 86.0 Å². The lowest BCUT2D eigenvalue weighted by Crippen LogP contribution is -2.46. The van der Waals surface area contributed by atoms with E-state index in [0.29, 0.717) is 19.3 Å². The summed E-state index contributed by atoms with van der Waals surface area (Å²) in [6.07, 6.45) is 0.623. The molecule has 3 amide bonds. The van der Waals surface area contributed by atoms with Crippen molar-refractivity contribution in [1.29, 1.82) is 0 Å². The number of rotatable bonds is 23. The number of amides is 3. The van der Waals surface area contributed by atoms with Gasteiger partial charge in [-0.3, -0.25) is 28.0 Å². The quantitative estimate of drug-likeness (QED) is 0.0585. The Morgan fingerprint density at radius 1 is 0.619 bits per heavy atom. The van der Waals surface area contributed by atoms with E-state index in [0.717, 1.165) is 0 Å². The fraction of sp³-hybridized carbons (Fsp3) is 0.857. The maximum Gasteiger partial charge on any atom is 0.397 e. The molecule has 248 valence electrons. The van der Waals surface area contributed by atoms with E-state index in [2.05, 4.69) is 28.5 Å². The van der Waals surface area contributed by atoms with Gasteiger partial charge < -0.3 is 16.0 Å². The Morgan fingerprint density at radius 2 is 0.929 bits per heavy atom. The Kier molecular flexibility index (Phi) is 17.8. The Balaban J connectivity index is 5.83. The molecule has 0 radical (unpaired) electrons. The molecule has 6 N–H and O–H groups in total. The number of carbonyl (C=O) groups excluding carboxylic acids is 3. The molecule has 0 rings (SSSR count). The van der Waals surface area contributed by atoms with Crippen molar-refractivity contribution in [3.05, 3.63) is 0 Å². The van der Waals surface area contributed by atoms with Crippen LogP contribution in [-0.4, -0.2) is 96.1 Å². The van der Waals surface area contributed by atoms with E-state index in [-0.39, 0.29) is 38.9 Å². The Hall–Kier alpha value is -1.98. The average molecular weight is 672 g/mol. The van der Waals surface area contributed by atoms with Crippen LogP contribution < -0.4 is 16.0 Å². The van der Waals surface area contributed by atoms with Gasteiger partial charge in [-0.2, -0.15) is 25.3 Å². The smallest absolute Gasteiger partial charge is 0.354 e. The number of carbonyl (C=O) groups is 3.